The highest BCUT2D eigenvalue weighted by molar-refractivity contribution is 5.61. The molecule has 0 unspecified atom stereocenters. The molecule has 2 nitrogen and oxygen atoms in total. The van der Waals surface area contributed by atoms with E-state index in [4.69, 9.17) is 4.74 Å². The van der Waals surface area contributed by atoms with E-state index in [-0.39, 0.29) is 5.82 Å². The van der Waals surface area contributed by atoms with Gasteiger partial charge >= 0.3 is 0 Å². The van der Waals surface area contributed by atoms with Gasteiger partial charge in [-0.15, -0.1) is 0 Å². The highest BCUT2D eigenvalue weighted by Crippen LogP contribution is 2.38. The quantitative estimate of drug-likeness (QED) is 0.548. The largest absolute Gasteiger partial charge is 0.494 e. The molecule has 26 heavy (non-hydrogen) atoms. The number of benzene rings is 1. The molecule has 3 heteroatoms. The summed E-state index contributed by atoms with van der Waals surface area (Å²) in [6, 6.07) is 9.08. The molecule has 1 saturated carbocycles. The van der Waals surface area contributed by atoms with Crippen LogP contribution in [0.4, 0.5) is 4.39 Å². The first-order chi connectivity index (χ1) is 12.7. The van der Waals surface area contributed by atoms with Crippen molar-refractivity contribution in [2.45, 2.75) is 64.7 Å². The van der Waals surface area contributed by atoms with Crippen molar-refractivity contribution in [1.29, 1.82) is 0 Å². The van der Waals surface area contributed by atoms with E-state index in [9.17, 15) is 4.39 Å². The molecular weight excluding hydrogens is 325 g/mol. The second-order valence-electron chi connectivity index (χ2n) is 7.41. The van der Waals surface area contributed by atoms with Crippen LogP contribution in [-0.4, -0.2) is 11.6 Å². The Balaban J connectivity index is 1.64. The van der Waals surface area contributed by atoms with E-state index >= 15 is 0 Å². The third-order valence-corrected chi connectivity index (χ3v) is 5.60. The fourth-order valence-electron chi connectivity index (χ4n) is 4.04. The van der Waals surface area contributed by atoms with E-state index < -0.39 is 0 Å². The fraction of sp³-hybridized carbons (Fsp3) is 0.522. The molecule has 0 N–H and O–H groups in total. The maximum atomic E-state index is 14.3. The topological polar surface area (TPSA) is 22.1 Å². The lowest BCUT2D eigenvalue weighted by atomic mass is 9.77. The Bertz CT molecular complexity index is 690. The van der Waals surface area contributed by atoms with E-state index in [1.165, 1.54) is 56.6 Å². The number of ether oxygens (including phenoxy) is 1. The Kier molecular flexibility index (Phi) is 6.65. The zero-order valence-corrected chi connectivity index (χ0v) is 16.0. The highest BCUT2D eigenvalue weighted by Gasteiger charge is 2.22. The van der Waals surface area contributed by atoms with Gasteiger partial charge in [-0.2, -0.15) is 0 Å². The lowest BCUT2D eigenvalue weighted by Gasteiger charge is -2.28. The molecule has 1 aliphatic rings. The Morgan fingerprint density at radius 3 is 2.50 bits per heavy atom. The second kappa shape index (κ2) is 9.16. The summed E-state index contributed by atoms with van der Waals surface area (Å²) in [5, 5.41) is 0. The molecule has 2 aromatic rings. The Morgan fingerprint density at radius 1 is 1.08 bits per heavy atom. The molecular formula is C23H30FNO. The maximum absolute atomic E-state index is 14.3. The van der Waals surface area contributed by atoms with Crippen molar-refractivity contribution < 1.29 is 9.13 Å². The number of aromatic nitrogens is 1. The standard InChI is InChI=1S/C23H30FNO/c1-3-5-6-17-7-9-18(10-8-17)19-11-14-23(25-16-19)21-13-12-20(26-4-2)15-22(21)24/h11-18H,3-10H2,1-2H3/t17-,18-. The zero-order valence-electron chi connectivity index (χ0n) is 16.0. The summed E-state index contributed by atoms with van der Waals surface area (Å²) >= 11 is 0. The van der Waals surface area contributed by atoms with Gasteiger partial charge in [0, 0.05) is 17.8 Å². The van der Waals surface area contributed by atoms with Crippen molar-refractivity contribution in [3.05, 3.63) is 47.9 Å². The van der Waals surface area contributed by atoms with Crippen molar-refractivity contribution >= 4 is 0 Å². The first kappa shape index (κ1) is 18.9. The third kappa shape index (κ3) is 4.63. The molecule has 1 fully saturated rings. The zero-order chi connectivity index (χ0) is 18.4. The lowest BCUT2D eigenvalue weighted by Crippen LogP contribution is -2.13. The van der Waals surface area contributed by atoms with Gasteiger partial charge in [0.25, 0.3) is 0 Å². The number of pyridine rings is 1. The van der Waals surface area contributed by atoms with E-state index in [0.717, 1.165) is 5.92 Å². The number of unbranched alkanes of at least 4 members (excludes halogenated alkanes) is 1. The summed E-state index contributed by atoms with van der Waals surface area (Å²) in [5.41, 5.74) is 2.52. The molecule has 0 saturated heterocycles. The summed E-state index contributed by atoms with van der Waals surface area (Å²) in [6.45, 7) is 4.70. The van der Waals surface area contributed by atoms with Crippen LogP contribution in [0.2, 0.25) is 0 Å². The number of hydrogen-bond acceptors (Lipinski definition) is 2. The number of nitrogens with zero attached hydrogens (tertiary/aromatic N) is 1. The van der Waals surface area contributed by atoms with Gasteiger partial charge in [0.05, 0.1) is 12.3 Å². The van der Waals surface area contributed by atoms with Crippen LogP contribution in [0.25, 0.3) is 11.3 Å². The van der Waals surface area contributed by atoms with Crippen LogP contribution in [0.5, 0.6) is 5.75 Å². The van der Waals surface area contributed by atoms with E-state index in [2.05, 4.69) is 18.0 Å². The fourth-order valence-corrected chi connectivity index (χ4v) is 4.04. The smallest absolute Gasteiger partial charge is 0.136 e. The minimum atomic E-state index is -0.285. The number of rotatable bonds is 7. The summed E-state index contributed by atoms with van der Waals surface area (Å²) < 4.78 is 19.7. The van der Waals surface area contributed by atoms with Crippen LogP contribution in [-0.2, 0) is 0 Å². The molecule has 0 spiro atoms. The van der Waals surface area contributed by atoms with Gasteiger partial charge in [0.15, 0.2) is 0 Å². The molecule has 1 aromatic heterocycles. The van der Waals surface area contributed by atoms with Crippen molar-refractivity contribution in [3.63, 3.8) is 0 Å². The Morgan fingerprint density at radius 2 is 1.88 bits per heavy atom. The van der Waals surface area contributed by atoms with Gasteiger partial charge in [-0.25, -0.2) is 4.39 Å². The van der Waals surface area contributed by atoms with Gasteiger partial charge in [0.2, 0.25) is 0 Å². The summed E-state index contributed by atoms with van der Waals surface area (Å²) in [6.07, 6.45) is 11.2. The molecule has 140 valence electrons. The van der Waals surface area contributed by atoms with Crippen LogP contribution in [0.1, 0.15) is 70.3 Å². The highest BCUT2D eigenvalue weighted by atomic mass is 19.1. The maximum Gasteiger partial charge on any atom is 0.136 e. The summed E-state index contributed by atoms with van der Waals surface area (Å²) in [4.78, 5) is 4.55. The van der Waals surface area contributed by atoms with Gasteiger partial charge < -0.3 is 4.74 Å². The second-order valence-corrected chi connectivity index (χ2v) is 7.41. The average molecular weight is 355 g/mol. The van der Waals surface area contributed by atoms with Crippen molar-refractivity contribution in [1.82, 2.24) is 4.98 Å². The molecule has 0 amide bonds. The third-order valence-electron chi connectivity index (χ3n) is 5.60. The van der Waals surface area contributed by atoms with Gasteiger partial charge in [-0.3, -0.25) is 4.98 Å². The van der Waals surface area contributed by atoms with Gasteiger partial charge in [0.1, 0.15) is 11.6 Å². The van der Waals surface area contributed by atoms with Crippen LogP contribution in [0.15, 0.2) is 36.5 Å². The molecule has 0 radical (unpaired) electrons. The first-order valence-electron chi connectivity index (χ1n) is 10.1. The van der Waals surface area contributed by atoms with Crippen LogP contribution in [0.3, 0.4) is 0 Å². The van der Waals surface area contributed by atoms with Crippen molar-refractivity contribution in [2.24, 2.45) is 5.92 Å². The van der Waals surface area contributed by atoms with E-state index in [1.54, 1.807) is 12.1 Å². The van der Waals surface area contributed by atoms with Crippen LogP contribution < -0.4 is 4.74 Å². The summed E-state index contributed by atoms with van der Waals surface area (Å²) in [7, 11) is 0. The molecule has 0 bridgehead atoms. The first-order valence-corrected chi connectivity index (χ1v) is 10.1. The minimum Gasteiger partial charge on any atom is -0.494 e. The van der Waals surface area contributed by atoms with Crippen LogP contribution in [0, 0.1) is 11.7 Å². The Hall–Kier alpha value is -1.90. The molecule has 1 aliphatic carbocycles. The lowest BCUT2D eigenvalue weighted by molar-refractivity contribution is 0.304. The SMILES string of the molecule is CCCC[C@H]1CC[C@H](c2ccc(-c3ccc(OCC)cc3F)nc2)CC1. The molecule has 1 aromatic carbocycles. The Labute approximate surface area is 156 Å². The molecule has 0 atom stereocenters. The predicted octanol–water partition coefficient (Wildman–Crippen LogP) is 6.75. The van der Waals surface area contributed by atoms with Crippen LogP contribution >= 0.6 is 0 Å². The number of hydrogen-bond donors (Lipinski definition) is 0. The van der Waals surface area contributed by atoms with E-state index in [0.29, 0.717) is 29.5 Å². The number of halogens is 1. The predicted molar refractivity (Wildman–Crippen MR) is 105 cm³/mol. The van der Waals surface area contributed by atoms with Crippen molar-refractivity contribution in [2.75, 3.05) is 6.61 Å². The van der Waals surface area contributed by atoms with Crippen molar-refractivity contribution in [3.8, 4) is 17.0 Å². The average Bonchev–Trinajstić information content (AvgIpc) is 2.67. The minimum absolute atomic E-state index is 0.285. The summed E-state index contributed by atoms with van der Waals surface area (Å²) in [5.74, 6) is 1.80. The molecule has 0 aliphatic heterocycles. The monoisotopic (exact) mass is 355 g/mol. The normalized spacial score (nSPS) is 20.1. The van der Waals surface area contributed by atoms with Gasteiger partial charge in [-0.1, -0.05) is 32.3 Å². The molecule has 1 heterocycles. The molecule has 3 rings (SSSR count). The van der Waals surface area contributed by atoms with E-state index in [1.807, 2.05) is 19.2 Å². The van der Waals surface area contributed by atoms with Gasteiger partial charge in [-0.05, 0) is 68.2 Å².